The van der Waals surface area contributed by atoms with Gasteiger partial charge in [-0.2, -0.15) is 4.68 Å². The Labute approximate surface area is 85.1 Å². The van der Waals surface area contributed by atoms with Crippen LogP contribution in [0.15, 0.2) is 24.3 Å². The molecule has 5 heteroatoms. The highest BCUT2D eigenvalue weighted by molar-refractivity contribution is 8.22. The van der Waals surface area contributed by atoms with E-state index >= 15 is 0 Å². The van der Waals surface area contributed by atoms with Gasteiger partial charge in [0.2, 0.25) is 0 Å². The summed E-state index contributed by atoms with van der Waals surface area (Å²) in [5.74, 6) is 0. The Morgan fingerprint density at radius 1 is 1.46 bits per heavy atom. The number of thioether (sulfide) groups is 1. The first-order valence-electron chi connectivity index (χ1n) is 3.71. The molecule has 1 aromatic heterocycles. The van der Waals surface area contributed by atoms with Gasteiger partial charge in [0.05, 0.1) is 5.52 Å². The van der Waals surface area contributed by atoms with Crippen LogP contribution in [0.3, 0.4) is 0 Å². The van der Waals surface area contributed by atoms with Crippen molar-refractivity contribution < 1.29 is 0 Å². The van der Waals surface area contributed by atoms with E-state index in [1.165, 1.54) is 11.8 Å². The lowest BCUT2D eigenvalue weighted by Crippen LogP contribution is -2.05. The Bertz CT molecular complexity index is 449. The lowest BCUT2D eigenvalue weighted by molar-refractivity contribution is 0.881. The number of nitrogens with zero attached hydrogens (tertiary/aromatic N) is 3. The summed E-state index contributed by atoms with van der Waals surface area (Å²) in [5, 5.41) is 7.97. The maximum atomic E-state index is 5.13. The minimum absolute atomic E-state index is 0.716. The quantitative estimate of drug-likeness (QED) is 0.620. The standard InChI is InChI=1S/C8H7N3S2/c1-13-8(12)11-7-5-3-2-4-6(7)9-10-11/h2-5H,1H3. The Kier molecular flexibility index (Phi) is 2.28. The minimum atomic E-state index is 0.716. The van der Waals surface area contributed by atoms with Gasteiger partial charge in [-0.05, 0) is 18.4 Å². The van der Waals surface area contributed by atoms with Crippen LogP contribution in [0.2, 0.25) is 0 Å². The van der Waals surface area contributed by atoms with Gasteiger partial charge in [-0.15, -0.1) is 5.10 Å². The number of hydrogen-bond donors (Lipinski definition) is 0. The summed E-state index contributed by atoms with van der Waals surface area (Å²) in [4.78, 5) is 0. The molecule has 0 amide bonds. The van der Waals surface area contributed by atoms with Crippen LogP contribution in [0.25, 0.3) is 11.0 Å². The number of rotatable bonds is 0. The average Bonchev–Trinajstić information content (AvgIpc) is 2.60. The highest BCUT2D eigenvalue weighted by Crippen LogP contribution is 2.12. The van der Waals surface area contributed by atoms with E-state index in [2.05, 4.69) is 10.3 Å². The maximum absolute atomic E-state index is 5.13. The molecule has 1 heterocycles. The second-order valence-electron chi connectivity index (χ2n) is 2.46. The molecule has 0 aliphatic heterocycles. The SMILES string of the molecule is CSC(=S)n1nnc2ccccc21. The molecule has 2 aromatic rings. The van der Waals surface area contributed by atoms with Crippen molar-refractivity contribution >= 4 is 39.3 Å². The summed E-state index contributed by atoms with van der Waals surface area (Å²) < 4.78 is 2.39. The summed E-state index contributed by atoms with van der Waals surface area (Å²) in [6.45, 7) is 0. The predicted octanol–water partition coefficient (Wildman–Crippen LogP) is 1.93. The lowest BCUT2D eigenvalue weighted by atomic mass is 10.3. The van der Waals surface area contributed by atoms with Crippen LogP contribution >= 0.6 is 24.0 Å². The molecule has 2 rings (SSSR count). The minimum Gasteiger partial charge on any atom is -0.195 e. The van der Waals surface area contributed by atoms with Crippen molar-refractivity contribution in [1.82, 2.24) is 15.0 Å². The molecule has 0 saturated heterocycles. The van der Waals surface area contributed by atoms with Crippen LogP contribution in [-0.4, -0.2) is 25.6 Å². The zero-order valence-electron chi connectivity index (χ0n) is 6.97. The van der Waals surface area contributed by atoms with E-state index in [1.807, 2.05) is 30.5 Å². The van der Waals surface area contributed by atoms with Crippen molar-refractivity contribution in [1.29, 1.82) is 0 Å². The third-order valence-corrected chi connectivity index (χ3v) is 2.89. The fourth-order valence-electron chi connectivity index (χ4n) is 1.09. The van der Waals surface area contributed by atoms with Crippen molar-refractivity contribution in [2.24, 2.45) is 0 Å². The molecule has 0 aliphatic carbocycles. The van der Waals surface area contributed by atoms with Crippen molar-refractivity contribution in [2.75, 3.05) is 6.26 Å². The predicted molar refractivity (Wildman–Crippen MR) is 59.0 cm³/mol. The second kappa shape index (κ2) is 3.43. The van der Waals surface area contributed by atoms with Crippen LogP contribution in [0, 0.1) is 0 Å². The molecule has 0 radical (unpaired) electrons. The smallest absolute Gasteiger partial charge is 0.163 e. The van der Waals surface area contributed by atoms with Crippen LogP contribution in [-0.2, 0) is 0 Å². The van der Waals surface area contributed by atoms with Crippen molar-refractivity contribution in [3.8, 4) is 0 Å². The number of para-hydroxylation sites is 1. The lowest BCUT2D eigenvalue weighted by Gasteiger charge is -1.98. The molecule has 0 N–H and O–H groups in total. The summed E-state index contributed by atoms with van der Waals surface area (Å²) in [7, 11) is 0. The first kappa shape index (κ1) is 8.65. The van der Waals surface area contributed by atoms with Crippen molar-refractivity contribution in [3.05, 3.63) is 24.3 Å². The highest BCUT2D eigenvalue weighted by Gasteiger charge is 2.05. The Morgan fingerprint density at radius 3 is 3.00 bits per heavy atom. The molecule has 0 aliphatic rings. The third-order valence-electron chi connectivity index (χ3n) is 1.70. The first-order chi connectivity index (χ1) is 6.33. The first-order valence-corrected chi connectivity index (χ1v) is 5.35. The number of thiocarbonyl (C=S) groups is 1. The molecule has 0 unspecified atom stereocenters. The fraction of sp³-hybridized carbons (Fsp3) is 0.125. The van der Waals surface area contributed by atoms with Crippen molar-refractivity contribution in [3.63, 3.8) is 0 Å². The van der Waals surface area contributed by atoms with Gasteiger partial charge in [0.1, 0.15) is 5.52 Å². The van der Waals surface area contributed by atoms with E-state index in [0.717, 1.165) is 11.0 Å². The number of hydrogen-bond acceptors (Lipinski definition) is 4. The van der Waals surface area contributed by atoms with Crippen LogP contribution in [0.4, 0.5) is 0 Å². The van der Waals surface area contributed by atoms with E-state index in [9.17, 15) is 0 Å². The van der Waals surface area contributed by atoms with E-state index in [4.69, 9.17) is 12.2 Å². The van der Waals surface area contributed by atoms with Gasteiger partial charge in [-0.25, -0.2) is 0 Å². The van der Waals surface area contributed by atoms with Crippen molar-refractivity contribution in [2.45, 2.75) is 0 Å². The van der Waals surface area contributed by atoms with Crippen LogP contribution in [0.5, 0.6) is 0 Å². The second-order valence-corrected chi connectivity index (χ2v) is 3.90. The molecule has 0 fully saturated rings. The van der Waals surface area contributed by atoms with E-state index in [1.54, 1.807) is 4.68 Å². The topological polar surface area (TPSA) is 30.7 Å². The Morgan fingerprint density at radius 2 is 2.23 bits per heavy atom. The third kappa shape index (κ3) is 1.45. The number of fused-ring (bicyclic) bond motifs is 1. The summed E-state index contributed by atoms with van der Waals surface area (Å²) >= 11 is 6.62. The van der Waals surface area contributed by atoms with Crippen LogP contribution < -0.4 is 0 Å². The summed E-state index contributed by atoms with van der Waals surface area (Å²) in [6.07, 6.45) is 1.93. The van der Waals surface area contributed by atoms with Gasteiger partial charge >= 0.3 is 0 Å². The highest BCUT2D eigenvalue weighted by atomic mass is 32.2. The molecule has 66 valence electrons. The molecule has 0 atom stereocenters. The summed E-state index contributed by atoms with van der Waals surface area (Å²) in [5.41, 5.74) is 1.83. The zero-order valence-corrected chi connectivity index (χ0v) is 8.60. The molecule has 3 nitrogen and oxygen atoms in total. The van der Waals surface area contributed by atoms with Crippen LogP contribution in [0.1, 0.15) is 0 Å². The fourth-order valence-corrected chi connectivity index (χ4v) is 1.53. The van der Waals surface area contributed by atoms with Gasteiger partial charge in [-0.3, -0.25) is 0 Å². The van der Waals surface area contributed by atoms with Gasteiger partial charge in [0.25, 0.3) is 0 Å². The van der Waals surface area contributed by atoms with E-state index < -0.39 is 0 Å². The number of aromatic nitrogens is 3. The molecule has 1 aromatic carbocycles. The molecule has 0 bridgehead atoms. The van der Waals surface area contributed by atoms with Gasteiger partial charge < -0.3 is 0 Å². The van der Waals surface area contributed by atoms with Gasteiger partial charge in [0, 0.05) is 0 Å². The van der Waals surface area contributed by atoms with Gasteiger partial charge in [-0.1, -0.05) is 41.3 Å². The summed E-state index contributed by atoms with van der Waals surface area (Å²) in [6, 6.07) is 7.76. The molecule has 0 saturated carbocycles. The molecular weight excluding hydrogens is 202 g/mol. The van der Waals surface area contributed by atoms with E-state index in [-0.39, 0.29) is 0 Å². The largest absolute Gasteiger partial charge is 0.195 e. The monoisotopic (exact) mass is 209 g/mol. The average molecular weight is 209 g/mol. The zero-order chi connectivity index (χ0) is 9.26. The van der Waals surface area contributed by atoms with Gasteiger partial charge in [0.15, 0.2) is 4.32 Å². The molecular formula is C8H7N3S2. The Hall–Kier alpha value is -0.940. The number of benzene rings is 1. The maximum Gasteiger partial charge on any atom is 0.163 e. The molecule has 13 heavy (non-hydrogen) atoms. The molecule has 0 spiro atoms. The normalized spacial score (nSPS) is 10.5. The Balaban J connectivity index is 2.64. The van der Waals surface area contributed by atoms with E-state index in [0.29, 0.717) is 4.32 Å².